The summed E-state index contributed by atoms with van der Waals surface area (Å²) in [5.41, 5.74) is 6.63. The number of hydrogen-bond donors (Lipinski definition) is 2. The van der Waals surface area contributed by atoms with Crippen LogP contribution in [0.15, 0.2) is 40.7 Å². The molecule has 142 valence electrons. The SMILES string of the molecule is I.NC(=NCC1CCN(c2ccc(F)c(F)c2)C1)NCCc1cccs1. The smallest absolute Gasteiger partial charge is 0.188 e. The third-order valence-electron chi connectivity index (χ3n) is 4.33. The molecule has 2 heterocycles. The van der Waals surface area contributed by atoms with E-state index in [0.717, 1.165) is 32.5 Å². The van der Waals surface area contributed by atoms with E-state index in [-0.39, 0.29) is 24.0 Å². The topological polar surface area (TPSA) is 53.6 Å². The van der Waals surface area contributed by atoms with Crippen LogP contribution >= 0.6 is 35.3 Å². The molecule has 1 aromatic carbocycles. The molecule has 3 rings (SSSR count). The van der Waals surface area contributed by atoms with Gasteiger partial charge in [-0.1, -0.05) is 6.07 Å². The van der Waals surface area contributed by atoms with Gasteiger partial charge in [-0.25, -0.2) is 8.78 Å². The van der Waals surface area contributed by atoms with Crippen LogP contribution in [0.5, 0.6) is 0 Å². The van der Waals surface area contributed by atoms with Crippen molar-refractivity contribution in [3.63, 3.8) is 0 Å². The summed E-state index contributed by atoms with van der Waals surface area (Å²) < 4.78 is 26.4. The molecule has 1 aliphatic heterocycles. The number of hydrogen-bond acceptors (Lipinski definition) is 3. The largest absolute Gasteiger partial charge is 0.371 e. The van der Waals surface area contributed by atoms with Crippen LogP contribution < -0.4 is 16.0 Å². The van der Waals surface area contributed by atoms with Crippen LogP contribution in [-0.4, -0.2) is 32.1 Å². The lowest BCUT2D eigenvalue weighted by atomic mass is 10.1. The van der Waals surface area contributed by atoms with E-state index in [4.69, 9.17) is 5.73 Å². The van der Waals surface area contributed by atoms with Crippen LogP contribution in [0.4, 0.5) is 14.5 Å². The second-order valence-electron chi connectivity index (χ2n) is 6.18. The maximum Gasteiger partial charge on any atom is 0.188 e. The van der Waals surface area contributed by atoms with Crippen LogP contribution in [0.2, 0.25) is 0 Å². The number of nitrogens with one attached hydrogen (secondary N) is 1. The number of aliphatic imine (C=N–C) groups is 1. The number of anilines is 1. The van der Waals surface area contributed by atoms with Gasteiger partial charge in [0.1, 0.15) is 0 Å². The van der Waals surface area contributed by atoms with Gasteiger partial charge >= 0.3 is 0 Å². The van der Waals surface area contributed by atoms with Gasteiger partial charge in [0.05, 0.1) is 0 Å². The Morgan fingerprint density at radius 2 is 2.15 bits per heavy atom. The molecule has 1 saturated heterocycles. The summed E-state index contributed by atoms with van der Waals surface area (Å²) in [4.78, 5) is 7.79. The fourth-order valence-corrected chi connectivity index (χ4v) is 3.66. The maximum absolute atomic E-state index is 13.4. The molecule has 0 spiro atoms. The Hall–Kier alpha value is -1.42. The van der Waals surface area contributed by atoms with Gasteiger partial charge in [-0.15, -0.1) is 35.3 Å². The van der Waals surface area contributed by atoms with E-state index in [1.807, 2.05) is 6.07 Å². The Morgan fingerprint density at radius 1 is 1.31 bits per heavy atom. The predicted molar refractivity (Wildman–Crippen MR) is 115 cm³/mol. The molecule has 26 heavy (non-hydrogen) atoms. The van der Waals surface area contributed by atoms with Gasteiger partial charge in [-0.05, 0) is 42.3 Å². The lowest BCUT2D eigenvalue weighted by Crippen LogP contribution is -2.33. The summed E-state index contributed by atoms with van der Waals surface area (Å²) in [6.45, 7) is 2.99. The predicted octanol–water partition coefficient (Wildman–Crippen LogP) is 3.62. The molecule has 0 radical (unpaired) electrons. The summed E-state index contributed by atoms with van der Waals surface area (Å²) >= 11 is 1.73. The van der Waals surface area contributed by atoms with Gasteiger partial charge in [0.25, 0.3) is 0 Å². The first-order valence-corrected chi connectivity index (χ1v) is 9.26. The van der Waals surface area contributed by atoms with E-state index in [2.05, 4.69) is 26.7 Å². The molecule has 0 aliphatic carbocycles. The van der Waals surface area contributed by atoms with Crippen molar-refractivity contribution in [1.29, 1.82) is 0 Å². The zero-order valence-electron chi connectivity index (χ0n) is 14.3. The van der Waals surface area contributed by atoms with Crippen molar-refractivity contribution >= 4 is 47.0 Å². The first-order valence-electron chi connectivity index (χ1n) is 8.38. The number of nitrogens with zero attached hydrogens (tertiary/aromatic N) is 2. The van der Waals surface area contributed by atoms with E-state index < -0.39 is 11.6 Å². The molecular weight excluding hydrogens is 469 g/mol. The number of thiophene rings is 1. The molecule has 1 fully saturated rings. The van der Waals surface area contributed by atoms with Gasteiger partial charge in [-0.2, -0.15) is 0 Å². The Morgan fingerprint density at radius 3 is 2.88 bits per heavy atom. The first kappa shape index (κ1) is 20.9. The highest BCUT2D eigenvalue weighted by Gasteiger charge is 2.23. The molecule has 1 unspecified atom stereocenters. The van der Waals surface area contributed by atoms with Gasteiger partial charge in [0.2, 0.25) is 0 Å². The van der Waals surface area contributed by atoms with Crippen LogP contribution in [-0.2, 0) is 6.42 Å². The number of benzene rings is 1. The second kappa shape index (κ2) is 10.1. The summed E-state index contributed by atoms with van der Waals surface area (Å²) in [7, 11) is 0. The summed E-state index contributed by atoms with van der Waals surface area (Å²) in [6, 6.07) is 8.18. The molecule has 0 amide bonds. The number of rotatable bonds is 6. The highest BCUT2D eigenvalue weighted by molar-refractivity contribution is 14.0. The molecule has 8 heteroatoms. The van der Waals surface area contributed by atoms with E-state index in [1.165, 1.54) is 17.0 Å². The van der Waals surface area contributed by atoms with Crippen molar-refractivity contribution in [2.24, 2.45) is 16.6 Å². The molecule has 3 N–H and O–H groups in total. The third kappa shape index (κ3) is 5.80. The third-order valence-corrected chi connectivity index (χ3v) is 5.27. The zero-order chi connectivity index (χ0) is 17.6. The Balaban J connectivity index is 0.00000243. The number of nitrogens with two attached hydrogens (primary N) is 1. The first-order chi connectivity index (χ1) is 12.1. The molecular formula is C18H23F2IN4S. The van der Waals surface area contributed by atoms with Crippen LogP contribution in [0, 0.1) is 17.6 Å². The Kier molecular flexibility index (Phi) is 8.08. The fourth-order valence-electron chi connectivity index (χ4n) is 2.95. The summed E-state index contributed by atoms with van der Waals surface area (Å²) in [6.07, 6.45) is 1.90. The van der Waals surface area contributed by atoms with Gasteiger partial charge in [-0.3, -0.25) is 4.99 Å². The lowest BCUT2D eigenvalue weighted by Gasteiger charge is -2.18. The van der Waals surface area contributed by atoms with Gasteiger partial charge in [0, 0.05) is 42.8 Å². The van der Waals surface area contributed by atoms with Crippen LogP contribution in [0.3, 0.4) is 0 Å². The average Bonchev–Trinajstić information content (AvgIpc) is 3.27. The van der Waals surface area contributed by atoms with Crippen LogP contribution in [0.25, 0.3) is 0 Å². The van der Waals surface area contributed by atoms with Crippen molar-refractivity contribution in [2.75, 3.05) is 31.1 Å². The van der Waals surface area contributed by atoms with Crippen molar-refractivity contribution in [1.82, 2.24) is 5.32 Å². The fraction of sp³-hybridized carbons (Fsp3) is 0.389. The minimum atomic E-state index is -0.814. The lowest BCUT2D eigenvalue weighted by molar-refractivity contribution is 0.508. The molecule has 1 aliphatic rings. The highest BCUT2D eigenvalue weighted by atomic mass is 127. The number of guanidine groups is 1. The van der Waals surface area contributed by atoms with Crippen molar-refractivity contribution in [3.8, 4) is 0 Å². The standard InChI is InChI=1S/C18H22F2N4S.HI/c19-16-4-3-14(10-17(16)20)24-8-6-13(12-24)11-23-18(21)22-7-5-15-2-1-9-25-15;/h1-4,9-10,13H,5-8,11-12H2,(H3,21,22,23);1H. The Labute approximate surface area is 173 Å². The maximum atomic E-state index is 13.4. The summed E-state index contributed by atoms with van der Waals surface area (Å²) in [5.74, 6) is -0.794. The Bertz CT molecular complexity index is 724. The average molecular weight is 492 g/mol. The minimum Gasteiger partial charge on any atom is -0.371 e. The monoisotopic (exact) mass is 492 g/mol. The van der Waals surface area contributed by atoms with Crippen molar-refractivity contribution in [3.05, 3.63) is 52.2 Å². The normalized spacial score (nSPS) is 17.2. The van der Waals surface area contributed by atoms with Crippen molar-refractivity contribution < 1.29 is 8.78 Å². The quantitative estimate of drug-likeness (QED) is 0.368. The minimum absolute atomic E-state index is 0. The molecule has 0 bridgehead atoms. The van der Waals surface area contributed by atoms with E-state index >= 15 is 0 Å². The van der Waals surface area contributed by atoms with Crippen LogP contribution in [0.1, 0.15) is 11.3 Å². The van der Waals surface area contributed by atoms with Gasteiger partial charge in [0.15, 0.2) is 17.6 Å². The molecule has 0 saturated carbocycles. The van der Waals surface area contributed by atoms with Gasteiger partial charge < -0.3 is 16.0 Å². The summed E-state index contributed by atoms with van der Waals surface area (Å²) in [5, 5.41) is 5.19. The molecule has 1 atom stereocenters. The van der Waals surface area contributed by atoms with Crippen molar-refractivity contribution in [2.45, 2.75) is 12.8 Å². The molecule has 4 nitrogen and oxygen atoms in total. The number of halogens is 3. The second-order valence-corrected chi connectivity index (χ2v) is 7.21. The van der Waals surface area contributed by atoms with E-state index in [0.29, 0.717) is 24.1 Å². The molecule has 1 aromatic heterocycles. The van der Waals surface area contributed by atoms with E-state index in [1.54, 1.807) is 17.4 Å². The zero-order valence-corrected chi connectivity index (χ0v) is 17.5. The molecule has 2 aromatic rings. The van der Waals surface area contributed by atoms with E-state index in [9.17, 15) is 8.78 Å². The highest BCUT2D eigenvalue weighted by Crippen LogP contribution is 2.25.